The van der Waals surface area contributed by atoms with Crippen molar-refractivity contribution < 1.29 is 23.9 Å². The molecule has 0 aliphatic carbocycles. The van der Waals surface area contributed by atoms with Gasteiger partial charge in [-0.2, -0.15) is 0 Å². The molecule has 2 N–H and O–H groups in total. The van der Waals surface area contributed by atoms with Crippen molar-refractivity contribution in [1.82, 2.24) is 15.5 Å². The highest BCUT2D eigenvalue weighted by molar-refractivity contribution is 6.19. The second-order valence-corrected chi connectivity index (χ2v) is 5.02. The molecule has 1 rings (SSSR count). The Kier molecular flexibility index (Phi) is 4.83. The van der Waals surface area contributed by atoms with Crippen molar-refractivity contribution in [2.24, 2.45) is 5.41 Å². The summed E-state index contributed by atoms with van der Waals surface area (Å²) in [7, 11) is 1.49. The van der Waals surface area contributed by atoms with Crippen LogP contribution in [0.4, 0.5) is 4.79 Å². The number of hydrogen-bond acceptors (Lipinski definition) is 5. The topological polar surface area (TPSA) is 105 Å². The quantitative estimate of drug-likeness (QED) is 0.510. The number of urea groups is 1. The molecular weight excluding hydrogens is 266 g/mol. The fraction of sp³-hybridized carbons (Fsp3) is 0.667. The van der Waals surface area contributed by atoms with Gasteiger partial charge in [-0.05, 0) is 20.8 Å². The first-order chi connectivity index (χ1) is 9.23. The van der Waals surface area contributed by atoms with Gasteiger partial charge in [0.15, 0.2) is 0 Å². The van der Waals surface area contributed by atoms with Crippen molar-refractivity contribution in [1.29, 1.82) is 0 Å². The second kappa shape index (κ2) is 6.00. The average Bonchev–Trinajstić information content (AvgIpc) is 2.37. The molecule has 20 heavy (non-hydrogen) atoms. The third-order valence-electron chi connectivity index (χ3n) is 3.13. The van der Waals surface area contributed by atoms with E-state index in [0.717, 1.165) is 4.90 Å². The van der Waals surface area contributed by atoms with Crippen LogP contribution in [0.5, 0.6) is 0 Å². The standard InChI is InChI=1S/C12H19N3O5/c1-7(8(16)13-5-6-20-4)15-10(18)12(2,3)9(17)14-11(15)19/h7H,5-6H2,1-4H3,(H,13,16)(H,14,17,19). The van der Waals surface area contributed by atoms with Crippen molar-refractivity contribution in [3.8, 4) is 0 Å². The second-order valence-electron chi connectivity index (χ2n) is 5.02. The fourth-order valence-electron chi connectivity index (χ4n) is 1.70. The summed E-state index contributed by atoms with van der Waals surface area (Å²) in [4.78, 5) is 48.2. The molecule has 0 saturated carbocycles. The van der Waals surface area contributed by atoms with E-state index < -0.39 is 35.2 Å². The normalized spacial score (nSPS) is 19.6. The molecule has 0 radical (unpaired) electrons. The molecule has 1 aliphatic rings. The van der Waals surface area contributed by atoms with Gasteiger partial charge in [0, 0.05) is 13.7 Å². The van der Waals surface area contributed by atoms with E-state index in [4.69, 9.17) is 4.74 Å². The molecule has 1 unspecified atom stereocenters. The Balaban J connectivity index is 2.83. The molecule has 0 aromatic rings. The highest BCUT2D eigenvalue weighted by atomic mass is 16.5. The van der Waals surface area contributed by atoms with Crippen LogP contribution < -0.4 is 10.6 Å². The summed E-state index contributed by atoms with van der Waals surface area (Å²) >= 11 is 0. The number of rotatable bonds is 5. The molecule has 1 atom stereocenters. The van der Waals surface area contributed by atoms with E-state index in [1.807, 2.05) is 0 Å². The van der Waals surface area contributed by atoms with Crippen LogP contribution in [-0.4, -0.2) is 55.0 Å². The summed E-state index contributed by atoms with van der Waals surface area (Å²) in [6.45, 7) is 4.82. The Hall–Kier alpha value is -1.96. The number of ether oxygens (including phenoxy) is 1. The van der Waals surface area contributed by atoms with Crippen LogP contribution >= 0.6 is 0 Å². The van der Waals surface area contributed by atoms with E-state index in [0.29, 0.717) is 6.61 Å². The number of imide groups is 2. The smallest absolute Gasteiger partial charge is 0.331 e. The molecule has 1 heterocycles. The third-order valence-corrected chi connectivity index (χ3v) is 3.13. The van der Waals surface area contributed by atoms with Crippen molar-refractivity contribution in [2.45, 2.75) is 26.8 Å². The number of carbonyl (C=O) groups is 4. The number of nitrogens with zero attached hydrogens (tertiary/aromatic N) is 1. The Morgan fingerprint density at radius 1 is 1.40 bits per heavy atom. The number of carbonyl (C=O) groups excluding carboxylic acids is 4. The van der Waals surface area contributed by atoms with E-state index in [1.165, 1.54) is 27.9 Å². The largest absolute Gasteiger partial charge is 0.383 e. The van der Waals surface area contributed by atoms with Gasteiger partial charge in [-0.1, -0.05) is 0 Å². The summed E-state index contributed by atoms with van der Waals surface area (Å²) in [6, 6.07) is -1.89. The highest BCUT2D eigenvalue weighted by Gasteiger charge is 2.49. The first-order valence-electron chi connectivity index (χ1n) is 6.19. The lowest BCUT2D eigenvalue weighted by atomic mass is 9.88. The summed E-state index contributed by atoms with van der Waals surface area (Å²) in [5.74, 6) is -1.85. The Bertz CT molecular complexity index is 446. The maximum atomic E-state index is 12.2. The first-order valence-corrected chi connectivity index (χ1v) is 6.19. The predicted octanol–water partition coefficient (Wildman–Crippen LogP) is -0.758. The molecule has 0 aromatic heterocycles. The molecular formula is C12H19N3O5. The Morgan fingerprint density at radius 3 is 2.55 bits per heavy atom. The molecule has 0 bridgehead atoms. The van der Waals surface area contributed by atoms with Gasteiger partial charge < -0.3 is 10.1 Å². The SMILES string of the molecule is COCCNC(=O)C(C)N1C(=O)NC(=O)C(C)(C)C1=O. The van der Waals surface area contributed by atoms with E-state index in [2.05, 4.69) is 10.6 Å². The van der Waals surface area contributed by atoms with Crippen LogP contribution in [0.25, 0.3) is 0 Å². The minimum Gasteiger partial charge on any atom is -0.383 e. The zero-order valence-electron chi connectivity index (χ0n) is 12.0. The van der Waals surface area contributed by atoms with Crippen LogP contribution in [0, 0.1) is 5.41 Å². The minimum absolute atomic E-state index is 0.269. The van der Waals surface area contributed by atoms with Gasteiger partial charge in [-0.3, -0.25) is 24.6 Å². The molecule has 8 heteroatoms. The van der Waals surface area contributed by atoms with Gasteiger partial charge in [-0.25, -0.2) is 4.79 Å². The first kappa shape index (κ1) is 16.1. The summed E-state index contributed by atoms with van der Waals surface area (Å²) in [5, 5.41) is 4.61. The monoisotopic (exact) mass is 285 g/mol. The van der Waals surface area contributed by atoms with Crippen molar-refractivity contribution in [2.75, 3.05) is 20.3 Å². The zero-order chi connectivity index (χ0) is 15.5. The van der Waals surface area contributed by atoms with Crippen LogP contribution in [0.3, 0.4) is 0 Å². The Labute approximate surface area is 116 Å². The predicted molar refractivity (Wildman–Crippen MR) is 68.5 cm³/mol. The van der Waals surface area contributed by atoms with Gasteiger partial charge in [0.25, 0.3) is 0 Å². The molecule has 0 spiro atoms. The van der Waals surface area contributed by atoms with Gasteiger partial charge in [0.2, 0.25) is 17.7 Å². The van der Waals surface area contributed by atoms with E-state index in [1.54, 1.807) is 0 Å². The van der Waals surface area contributed by atoms with E-state index in [-0.39, 0.29) is 6.54 Å². The molecule has 112 valence electrons. The minimum atomic E-state index is -1.38. The molecule has 1 aliphatic heterocycles. The van der Waals surface area contributed by atoms with E-state index in [9.17, 15) is 19.2 Å². The summed E-state index contributed by atoms with van der Waals surface area (Å²) in [6.07, 6.45) is 0. The highest BCUT2D eigenvalue weighted by Crippen LogP contribution is 2.24. The maximum absolute atomic E-state index is 12.2. The number of methoxy groups -OCH3 is 1. The molecule has 1 fully saturated rings. The summed E-state index contributed by atoms with van der Waals surface area (Å²) < 4.78 is 4.79. The maximum Gasteiger partial charge on any atom is 0.331 e. The van der Waals surface area contributed by atoms with Crippen molar-refractivity contribution >= 4 is 23.8 Å². The van der Waals surface area contributed by atoms with Crippen LogP contribution in [0.1, 0.15) is 20.8 Å². The van der Waals surface area contributed by atoms with E-state index >= 15 is 0 Å². The fourth-order valence-corrected chi connectivity index (χ4v) is 1.70. The molecule has 1 saturated heterocycles. The van der Waals surface area contributed by atoms with Crippen LogP contribution in [-0.2, 0) is 19.1 Å². The molecule has 0 aromatic carbocycles. The number of barbiturate groups is 1. The van der Waals surface area contributed by atoms with Crippen molar-refractivity contribution in [3.05, 3.63) is 0 Å². The lowest BCUT2D eigenvalue weighted by Gasteiger charge is -2.37. The van der Waals surface area contributed by atoms with Gasteiger partial charge in [-0.15, -0.1) is 0 Å². The zero-order valence-corrected chi connectivity index (χ0v) is 12.0. The van der Waals surface area contributed by atoms with Gasteiger partial charge in [0.1, 0.15) is 11.5 Å². The number of hydrogen-bond donors (Lipinski definition) is 2. The summed E-state index contributed by atoms with van der Waals surface area (Å²) in [5.41, 5.74) is -1.38. The molecule has 8 nitrogen and oxygen atoms in total. The van der Waals surface area contributed by atoms with Crippen LogP contribution in [0.15, 0.2) is 0 Å². The van der Waals surface area contributed by atoms with Gasteiger partial charge in [0.05, 0.1) is 6.61 Å². The number of nitrogens with one attached hydrogen (secondary N) is 2. The van der Waals surface area contributed by atoms with Gasteiger partial charge >= 0.3 is 6.03 Å². The number of amides is 5. The molecule has 5 amide bonds. The Morgan fingerprint density at radius 2 is 2.00 bits per heavy atom. The lowest BCUT2D eigenvalue weighted by molar-refractivity contribution is -0.152. The van der Waals surface area contributed by atoms with Crippen LogP contribution in [0.2, 0.25) is 0 Å². The lowest BCUT2D eigenvalue weighted by Crippen LogP contribution is -2.66. The van der Waals surface area contributed by atoms with Crippen molar-refractivity contribution in [3.63, 3.8) is 0 Å². The average molecular weight is 285 g/mol. The third kappa shape index (κ3) is 2.96.